The third-order valence-electron chi connectivity index (χ3n) is 2.15. The maximum absolute atomic E-state index is 11.1. The summed E-state index contributed by atoms with van der Waals surface area (Å²) < 4.78 is 0. The Kier molecular flexibility index (Phi) is 2.16. The molecule has 70 valence electrons. The second-order valence-corrected chi connectivity index (χ2v) is 3.05. The number of urea groups is 1. The minimum atomic E-state index is 0.0412. The number of nitrogens with zero attached hydrogens (tertiary/aromatic N) is 2. The molecule has 0 spiro atoms. The Bertz CT molecular complexity index is 282. The van der Waals surface area contributed by atoms with E-state index in [1.807, 2.05) is 6.07 Å². The van der Waals surface area contributed by atoms with Crippen LogP contribution in [0.25, 0.3) is 0 Å². The summed E-state index contributed by atoms with van der Waals surface area (Å²) in [5.74, 6) is 0. The highest BCUT2D eigenvalue weighted by Gasteiger charge is 2.18. The lowest BCUT2D eigenvalue weighted by atomic mass is 10.3. The number of nitrogens with one attached hydrogen (secondary N) is 2. The standard InChI is InChI=1S/C8H12N4O/c13-8-9-4-6-12(8)5-2-7-1-3-10-11-7/h1,3H,2,4-6H2,(H,9,13)(H,10,11). The largest absolute Gasteiger partial charge is 0.336 e. The summed E-state index contributed by atoms with van der Waals surface area (Å²) in [6.07, 6.45) is 2.56. The number of carbonyl (C=O) groups is 1. The predicted molar refractivity (Wildman–Crippen MR) is 47.3 cm³/mol. The summed E-state index contributed by atoms with van der Waals surface area (Å²) in [4.78, 5) is 12.9. The van der Waals surface area contributed by atoms with Crippen molar-refractivity contribution in [1.29, 1.82) is 0 Å². The third kappa shape index (κ3) is 1.80. The van der Waals surface area contributed by atoms with Gasteiger partial charge in [-0.05, 0) is 6.07 Å². The molecule has 1 aliphatic heterocycles. The van der Waals surface area contributed by atoms with Crippen LogP contribution in [-0.2, 0) is 6.42 Å². The first-order valence-electron chi connectivity index (χ1n) is 4.37. The second kappa shape index (κ2) is 3.47. The average Bonchev–Trinajstić information content (AvgIpc) is 2.72. The quantitative estimate of drug-likeness (QED) is 0.686. The fourth-order valence-corrected chi connectivity index (χ4v) is 1.40. The minimum Gasteiger partial charge on any atom is -0.336 e. The van der Waals surface area contributed by atoms with E-state index in [2.05, 4.69) is 15.5 Å². The van der Waals surface area contributed by atoms with Gasteiger partial charge in [0.1, 0.15) is 0 Å². The van der Waals surface area contributed by atoms with Gasteiger partial charge in [-0.2, -0.15) is 5.10 Å². The highest BCUT2D eigenvalue weighted by atomic mass is 16.2. The van der Waals surface area contributed by atoms with Crippen molar-refractivity contribution in [2.75, 3.05) is 19.6 Å². The molecular formula is C8H12N4O. The zero-order valence-corrected chi connectivity index (χ0v) is 7.29. The smallest absolute Gasteiger partial charge is 0.317 e. The van der Waals surface area contributed by atoms with Crippen LogP contribution in [0, 0.1) is 0 Å². The lowest BCUT2D eigenvalue weighted by Crippen LogP contribution is -2.30. The molecule has 2 amide bonds. The van der Waals surface area contributed by atoms with Crippen molar-refractivity contribution in [2.45, 2.75) is 6.42 Å². The molecule has 1 aromatic rings. The summed E-state index contributed by atoms with van der Waals surface area (Å²) in [5.41, 5.74) is 1.07. The predicted octanol–water partition coefficient (Wildman–Crippen LogP) is -0.0226. The van der Waals surface area contributed by atoms with E-state index in [0.29, 0.717) is 0 Å². The number of hydrogen-bond acceptors (Lipinski definition) is 2. The Balaban J connectivity index is 1.82. The molecule has 1 saturated heterocycles. The van der Waals surface area contributed by atoms with Gasteiger partial charge in [0, 0.05) is 37.9 Å². The van der Waals surface area contributed by atoms with Crippen molar-refractivity contribution >= 4 is 6.03 Å². The van der Waals surface area contributed by atoms with Crippen LogP contribution < -0.4 is 5.32 Å². The van der Waals surface area contributed by atoms with Gasteiger partial charge < -0.3 is 10.2 Å². The first-order valence-corrected chi connectivity index (χ1v) is 4.37. The summed E-state index contributed by atoms with van der Waals surface area (Å²) in [7, 11) is 0. The molecule has 0 aliphatic carbocycles. The molecule has 1 fully saturated rings. The van der Waals surface area contributed by atoms with Crippen LogP contribution >= 0.6 is 0 Å². The van der Waals surface area contributed by atoms with Crippen LogP contribution in [0.15, 0.2) is 12.3 Å². The van der Waals surface area contributed by atoms with E-state index >= 15 is 0 Å². The van der Waals surface area contributed by atoms with Crippen molar-refractivity contribution in [3.05, 3.63) is 18.0 Å². The van der Waals surface area contributed by atoms with Crippen LogP contribution in [0.3, 0.4) is 0 Å². The number of aromatic nitrogens is 2. The fraction of sp³-hybridized carbons (Fsp3) is 0.500. The molecule has 2 rings (SSSR count). The van der Waals surface area contributed by atoms with Gasteiger partial charge in [0.25, 0.3) is 0 Å². The molecule has 1 aliphatic rings. The van der Waals surface area contributed by atoms with E-state index in [4.69, 9.17) is 0 Å². The minimum absolute atomic E-state index is 0.0412. The Hall–Kier alpha value is -1.52. The van der Waals surface area contributed by atoms with Gasteiger partial charge in [-0.15, -0.1) is 0 Å². The van der Waals surface area contributed by atoms with Crippen LogP contribution in [0.1, 0.15) is 5.69 Å². The number of rotatable bonds is 3. The normalized spacial score (nSPS) is 16.3. The molecule has 5 nitrogen and oxygen atoms in total. The van der Waals surface area contributed by atoms with Crippen molar-refractivity contribution in [1.82, 2.24) is 20.4 Å². The van der Waals surface area contributed by atoms with Gasteiger partial charge in [0.2, 0.25) is 0 Å². The molecule has 0 saturated carbocycles. The lowest BCUT2D eigenvalue weighted by molar-refractivity contribution is 0.218. The first kappa shape index (κ1) is 8.10. The second-order valence-electron chi connectivity index (χ2n) is 3.05. The van der Waals surface area contributed by atoms with E-state index < -0.39 is 0 Å². The third-order valence-corrected chi connectivity index (χ3v) is 2.15. The van der Waals surface area contributed by atoms with E-state index in [1.54, 1.807) is 11.1 Å². The molecule has 0 radical (unpaired) electrons. The van der Waals surface area contributed by atoms with Gasteiger partial charge in [-0.1, -0.05) is 0 Å². The fourth-order valence-electron chi connectivity index (χ4n) is 1.40. The average molecular weight is 180 g/mol. The molecule has 0 unspecified atom stereocenters. The van der Waals surface area contributed by atoms with E-state index in [1.165, 1.54) is 0 Å². The molecule has 0 atom stereocenters. The van der Waals surface area contributed by atoms with Gasteiger partial charge in [0.05, 0.1) is 0 Å². The van der Waals surface area contributed by atoms with Crippen molar-refractivity contribution in [2.24, 2.45) is 0 Å². The van der Waals surface area contributed by atoms with Crippen molar-refractivity contribution < 1.29 is 4.79 Å². The Labute approximate surface area is 76.1 Å². The Morgan fingerprint density at radius 3 is 3.15 bits per heavy atom. The Morgan fingerprint density at radius 2 is 2.54 bits per heavy atom. The van der Waals surface area contributed by atoms with Crippen LogP contribution in [0.2, 0.25) is 0 Å². The maximum atomic E-state index is 11.1. The van der Waals surface area contributed by atoms with E-state index in [0.717, 1.165) is 31.7 Å². The maximum Gasteiger partial charge on any atom is 0.317 e. The van der Waals surface area contributed by atoms with E-state index in [-0.39, 0.29) is 6.03 Å². The SMILES string of the molecule is O=C1NCCN1CCc1ccn[nH]1. The molecule has 1 aromatic heterocycles. The summed E-state index contributed by atoms with van der Waals surface area (Å²) in [6.45, 7) is 2.34. The summed E-state index contributed by atoms with van der Waals surface area (Å²) in [5, 5.41) is 9.47. The molecule has 2 heterocycles. The summed E-state index contributed by atoms with van der Waals surface area (Å²) in [6, 6.07) is 1.97. The Morgan fingerprint density at radius 1 is 1.62 bits per heavy atom. The van der Waals surface area contributed by atoms with E-state index in [9.17, 15) is 4.79 Å². The zero-order chi connectivity index (χ0) is 9.10. The van der Waals surface area contributed by atoms with Gasteiger partial charge >= 0.3 is 6.03 Å². The van der Waals surface area contributed by atoms with Crippen molar-refractivity contribution in [3.8, 4) is 0 Å². The molecule has 2 N–H and O–H groups in total. The molecule has 0 aromatic carbocycles. The topological polar surface area (TPSA) is 61.0 Å². The number of hydrogen-bond donors (Lipinski definition) is 2. The first-order chi connectivity index (χ1) is 6.36. The molecular weight excluding hydrogens is 168 g/mol. The number of amides is 2. The highest BCUT2D eigenvalue weighted by molar-refractivity contribution is 5.76. The highest BCUT2D eigenvalue weighted by Crippen LogP contribution is 2.00. The van der Waals surface area contributed by atoms with Crippen LogP contribution in [0.5, 0.6) is 0 Å². The summed E-state index contributed by atoms with van der Waals surface area (Å²) >= 11 is 0. The van der Waals surface area contributed by atoms with Crippen molar-refractivity contribution in [3.63, 3.8) is 0 Å². The monoisotopic (exact) mass is 180 g/mol. The van der Waals surface area contributed by atoms with Gasteiger partial charge in [-0.25, -0.2) is 4.79 Å². The van der Waals surface area contributed by atoms with Crippen LogP contribution in [-0.4, -0.2) is 40.8 Å². The van der Waals surface area contributed by atoms with Gasteiger partial charge in [-0.3, -0.25) is 5.10 Å². The molecule has 0 bridgehead atoms. The van der Waals surface area contributed by atoms with Gasteiger partial charge in [0.15, 0.2) is 0 Å². The molecule has 13 heavy (non-hydrogen) atoms. The number of carbonyl (C=O) groups excluding carboxylic acids is 1. The molecule has 5 heteroatoms. The lowest BCUT2D eigenvalue weighted by Gasteiger charge is -2.12. The van der Waals surface area contributed by atoms with Crippen LogP contribution in [0.4, 0.5) is 4.79 Å². The number of H-pyrrole nitrogens is 1. The zero-order valence-electron chi connectivity index (χ0n) is 7.29. The number of aromatic amines is 1.